The molecule has 0 radical (unpaired) electrons. The summed E-state index contributed by atoms with van der Waals surface area (Å²) in [6.45, 7) is 6.45. The molecule has 0 amide bonds. The van der Waals surface area contributed by atoms with Gasteiger partial charge in [0.05, 0.1) is 6.10 Å². The van der Waals surface area contributed by atoms with Crippen molar-refractivity contribution >= 4 is 5.69 Å². The molecule has 17 heavy (non-hydrogen) atoms. The van der Waals surface area contributed by atoms with Gasteiger partial charge in [-0.2, -0.15) is 0 Å². The van der Waals surface area contributed by atoms with Gasteiger partial charge in [-0.15, -0.1) is 0 Å². The summed E-state index contributed by atoms with van der Waals surface area (Å²) in [5.74, 6) is 0. The maximum atomic E-state index is 9.75. The summed E-state index contributed by atoms with van der Waals surface area (Å²) in [5, 5.41) is 16.2. The highest BCUT2D eigenvalue weighted by molar-refractivity contribution is 5.45. The van der Waals surface area contributed by atoms with Crippen molar-refractivity contribution in [3.63, 3.8) is 0 Å². The molecule has 0 heterocycles. The van der Waals surface area contributed by atoms with Crippen LogP contribution in [0.4, 0.5) is 5.69 Å². The maximum absolute atomic E-state index is 9.75. The Morgan fingerprint density at radius 3 is 2.82 bits per heavy atom. The van der Waals surface area contributed by atoms with Gasteiger partial charge in [0.25, 0.3) is 0 Å². The quantitative estimate of drug-likeness (QED) is 0.606. The number of aliphatic hydroxyl groups is 1. The minimum atomic E-state index is -0.340. The van der Waals surface area contributed by atoms with E-state index in [1.165, 1.54) is 12.0 Å². The zero-order chi connectivity index (χ0) is 12.5. The molecule has 0 aliphatic carbocycles. The molecule has 96 valence electrons. The number of hydrogen-bond donors (Lipinski definition) is 3. The Bertz CT molecular complexity index is 315. The topological polar surface area (TPSA) is 44.3 Å². The number of aryl methyl sites for hydroxylation is 1. The van der Waals surface area contributed by atoms with E-state index in [1.54, 1.807) is 0 Å². The number of nitrogens with one attached hydrogen (secondary N) is 2. The van der Waals surface area contributed by atoms with Gasteiger partial charge in [-0.05, 0) is 37.6 Å². The average Bonchev–Trinajstić information content (AvgIpc) is 2.32. The Morgan fingerprint density at radius 2 is 2.12 bits per heavy atom. The van der Waals surface area contributed by atoms with Crippen LogP contribution >= 0.6 is 0 Å². The molecule has 0 aromatic heterocycles. The predicted octanol–water partition coefficient (Wildman–Crippen LogP) is 2.16. The Labute approximate surface area is 104 Å². The summed E-state index contributed by atoms with van der Waals surface area (Å²) >= 11 is 0. The van der Waals surface area contributed by atoms with Gasteiger partial charge in [0, 0.05) is 18.8 Å². The van der Waals surface area contributed by atoms with Crippen molar-refractivity contribution in [3.05, 3.63) is 29.8 Å². The molecular weight excluding hydrogens is 212 g/mol. The fourth-order valence-corrected chi connectivity index (χ4v) is 1.63. The Hall–Kier alpha value is -1.06. The van der Waals surface area contributed by atoms with E-state index in [0.29, 0.717) is 13.1 Å². The summed E-state index contributed by atoms with van der Waals surface area (Å²) in [7, 11) is 0. The molecule has 0 fully saturated rings. The highest BCUT2D eigenvalue weighted by Gasteiger charge is 2.02. The van der Waals surface area contributed by atoms with Crippen LogP contribution in [0.15, 0.2) is 24.3 Å². The van der Waals surface area contributed by atoms with E-state index in [-0.39, 0.29) is 6.10 Å². The first-order valence-electron chi connectivity index (χ1n) is 6.41. The molecule has 1 aromatic rings. The van der Waals surface area contributed by atoms with Crippen molar-refractivity contribution in [2.24, 2.45) is 0 Å². The van der Waals surface area contributed by atoms with Gasteiger partial charge in [-0.25, -0.2) is 0 Å². The lowest BCUT2D eigenvalue weighted by atomic mass is 10.2. The zero-order valence-electron chi connectivity index (χ0n) is 10.9. The minimum Gasteiger partial charge on any atom is -0.390 e. The lowest BCUT2D eigenvalue weighted by Gasteiger charge is -2.13. The first-order chi connectivity index (χ1) is 8.22. The van der Waals surface area contributed by atoms with E-state index in [0.717, 1.165) is 18.7 Å². The van der Waals surface area contributed by atoms with Gasteiger partial charge in [-0.3, -0.25) is 0 Å². The summed E-state index contributed by atoms with van der Waals surface area (Å²) in [4.78, 5) is 0. The summed E-state index contributed by atoms with van der Waals surface area (Å²) in [5.41, 5.74) is 2.29. The second-order valence-electron chi connectivity index (χ2n) is 4.46. The van der Waals surface area contributed by atoms with Gasteiger partial charge in [-0.1, -0.05) is 25.5 Å². The second-order valence-corrected chi connectivity index (χ2v) is 4.46. The molecule has 0 bridgehead atoms. The predicted molar refractivity (Wildman–Crippen MR) is 73.5 cm³/mol. The molecule has 3 N–H and O–H groups in total. The third-order valence-electron chi connectivity index (χ3n) is 2.65. The van der Waals surface area contributed by atoms with Gasteiger partial charge in [0.1, 0.15) is 0 Å². The number of aliphatic hydroxyl groups excluding tert-OH is 1. The third-order valence-corrected chi connectivity index (χ3v) is 2.65. The lowest BCUT2D eigenvalue weighted by Crippen LogP contribution is -2.32. The van der Waals surface area contributed by atoms with Crippen LogP contribution in [0, 0.1) is 6.92 Å². The van der Waals surface area contributed by atoms with Crippen LogP contribution in [0.2, 0.25) is 0 Å². The van der Waals surface area contributed by atoms with Crippen molar-refractivity contribution < 1.29 is 5.11 Å². The van der Waals surface area contributed by atoms with Crippen LogP contribution in [0.3, 0.4) is 0 Å². The van der Waals surface area contributed by atoms with E-state index in [9.17, 15) is 5.11 Å². The molecule has 3 nitrogen and oxygen atoms in total. The first-order valence-corrected chi connectivity index (χ1v) is 6.41. The first kappa shape index (κ1) is 14.0. The second kappa shape index (κ2) is 8.09. The van der Waals surface area contributed by atoms with Crippen LogP contribution in [-0.4, -0.2) is 30.8 Å². The number of rotatable bonds is 8. The number of hydrogen-bond acceptors (Lipinski definition) is 3. The van der Waals surface area contributed by atoms with E-state index in [1.807, 2.05) is 12.1 Å². The fraction of sp³-hybridized carbons (Fsp3) is 0.571. The highest BCUT2D eigenvalue weighted by atomic mass is 16.3. The zero-order valence-corrected chi connectivity index (χ0v) is 10.9. The number of benzene rings is 1. The number of anilines is 1. The number of unbranched alkanes of at least 4 members (excludes halogenated alkanes) is 1. The van der Waals surface area contributed by atoms with E-state index in [2.05, 4.69) is 36.6 Å². The highest BCUT2D eigenvalue weighted by Crippen LogP contribution is 2.09. The molecule has 0 aliphatic heterocycles. The lowest BCUT2D eigenvalue weighted by molar-refractivity contribution is 0.184. The monoisotopic (exact) mass is 236 g/mol. The van der Waals surface area contributed by atoms with Gasteiger partial charge in [0.15, 0.2) is 0 Å². The standard InChI is InChI=1S/C14H24N2O/c1-3-4-8-15-10-14(17)11-16-13-7-5-6-12(2)9-13/h5-7,9,14-17H,3-4,8,10-11H2,1-2H3. The van der Waals surface area contributed by atoms with Crippen LogP contribution in [0.5, 0.6) is 0 Å². The summed E-state index contributed by atoms with van der Waals surface area (Å²) < 4.78 is 0. The summed E-state index contributed by atoms with van der Waals surface area (Å²) in [6.07, 6.45) is 2.01. The van der Waals surface area contributed by atoms with Crippen LogP contribution in [0.1, 0.15) is 25.3 Å². The van der Waals surface area contributed by atoms with E-state index >= 15 is 0 Å². The summed E-state index contributed by atoms with van der Waals surface area (Å²) in [6, 6.07) is 8.18. The van der Waals surface area contributed by atoms with Gasteiger partial charge < -0.3 is 15.7 Å². The molecule has 1 unspecified atom stereocenters. The van der Waals surface area contributed by atoms with Crippen LogP contribution in [0.25, 0.3) is 0 Å². The fourth-order valence-electron chi connectivity index (χ4n) is 1.63. The van der Waals surface area contributed by atoms with Gasteiger partial charge in [0.2, 0.25) is 0 Å². The van der Waals surface area contributed by atoms with Crippen molar-refractivity contribution in [2.45, 2.75) is 32.8 Å². The molecule has 1 aromatic carbocycles. The molecule has 0 spiro atoms. The molecule has 0 aliphatic rings. The normalized spacial score (nSPS) is 12.4. The van der Waals surface area contributed by atoms with Crippen molar-refractivity contribution in [1.29, 1.82) is 0 Å². The Kier molecular flexibility index (Phi) is 6.67. The van der Waals surface area contributed by atoms with Crippen molar-refractivity contribution in [2.75, 3.05) is 25.0 Å². The van der Waals surface area contributed by atoms with Crippen LogP contribution in [-0.2, 0) is 0 Å². The Morgan fingerprint density at radius 1 is 1.29 bits per heavy atom. The molecule has 1 atom stereocenters. The van der Waals surface area contributed by atoms with Crippen molar-refractivity contribution in [1.82, 2.24) is 5.32 Å². The average molecular weight is 236 g/mol. The molecule has 0 saturated carbocycles. The molecule has 0 saturated heterocycles. The third kappa shape index (κ3) is 6.29. The smallest absolute Gasteiger partial charge is 0.0836 e. The largest absolute Gasteiger partial charge is 0.390 e. The molecular formula is C14H24N2O. The van der Waals surface area contributed by atoms with Crippen LogP contribution < -0.4 is 10.6 Å². The minimum absolute atomic E-state index is 0.340. The molecule has 1 rings (SSSR count). The van der Waals surface area contributed by atoms with E-state index < -0.39 is 0 Å². The van der Waals surface area contributed by atoms with E-state index in [4.69, 9.17) is 0 Å². The SMILES string of the molecule is CCCCNCC(O)CNc1cccc(C)c1. The van der Waals surface area contributed by atoms with Gasteiger partial charge >= 0.3 is 0 Å². The van der Waals surface area contributed by atoms with Crippen molar-refractivity contribution in [3.8, 4) is 0 Å². The maximum Gasteiger partial charge on any atom is 0.0836 e. The molecule has 3 heteroatoms. The Balaban J connectivity index is 2.17.